The first-order valence-corrected chi connectivity index (χ1v) is 9.85. The van der Waals surface area contributed by atoms with Crippen molar-refractivity contribution in [2.24, 2.45) is 0 Å². The van der Waals surface area contributed by atoms with Crippen molar-refractivity contribution < 1.29 is 0 Å². The summed E-state index contributed by atoms with van der Waals surface area (Å²) >= 11 is 0. The lowest BCUT2D eigenvalue weighted by atomic mass is 10.2. The third-order valence-corrected chi connectivity index (χ3v) is 5.33. The lowest BCUT2D eigenvalue weighted by molar-refractivity contribution is 0.334. The summed E-state index contributed by atoms with van der Waals surface area (Å²) in [5, 5.41) is 0. The molecule has 2 fully saturated rings. The molecule has 24 heavy (non-hydrogen) atoms. The molecule has 0 unspecified atom stereocenters. The predicted molar refractivity (Wildman–Crippen MR) is 104 cm³/mol. The maximum Gasteiger partial charge on any atom is 0.0708 e. The molecule has 0 bridgehead atoms. The summed E-state index contributed by atoms with van der Waals surface area (Å²) in [6.45, 7) is 14.0. The van der Waals surface area contributed by atoms with Gasteiger partial charge in [0.2, 0.25) is 0 Å². The molecule has 0 spiro atoms. The van der Waals surface area contributed by atoms with Crippen LogP contribution in [0.1, 0.15) is 39.5 Å². The summed E-state index contributed by atoms with van der Waals surface area (Å²) in [6.07, 6.45) is 5.20. The summed E-state index contributed by atoms with van der Waals surface area (Å²) in [7, 11) is 0. The van der Waals surface area contributed by atoms with Crippen LogP contribution in [0.15, 0.2) is 24.3 Å². The van der Waals surface area contributed by atoms with Gasteiger partial charge in [-0.25, -0.2) is 0 Å². The Labute approximate surface area is 148 Å². The minimum absolute atomic E-state index is 1.09. The lowest BCUT2D eigenvalue weighted by Crippen LogP contribution is -2.27. The van der Waals surface area contributed by atoms with Gasteiger partial charge in [0.15, 0.2) is 0 Å². The van der Waals surface area contributed by atoms with E-state index in [1.165, 1.54) is 63.2 Å². The Morgan fingerprint density at radius 1 is 0.750 bits per heavy atom. The van der Waals surface area contributed by atoms with Crippen LogP contribution in [0.4, 0.5) is 11.4 Å². The van der Waals surface area contributed by atoms with Crippen LogP contribution in [-0.2, 0) is 0 Å². The van der Waals surface area contributed by atoms with E-state index in [2.05, 4.69) is 57.7 Å². The van der Waals surface area contributed by atoms with Gasteiger partial charge in [0.25, 0.3) is 0 Å². The van der Waals surface area contributed by atoms with E-state index in [0.717, 1.165) is 26.4 Å². The molecule has 0 aromatic heterocycles. The van der Waals surface area contributed by atoms with Gasteiger partial charge in [0, 0.05) is 37.6 Å². The topological polar surface area (TPSA) is 13.0 Å². The molecule has 2 aliphatic heterocycles. The maximum atomic E-state index is 2.58. The molecule has 2 aliphatic rings. The molecule has 0 atom stereocenters. The molecular formula is C20H34N4. The summed E-state index contributed by atoms with van der Waals surface area (Å²) in [6, 6.07) is 9.18. The van der Waals surface area contributed by atoms with Crippen LogP contribution in [0, 0.1) is 0 Å². The summed E-state index contributed by atoms with van der Waals surface area (Å²) in [4.78, 5) is 10.2. The van der Waals surface area contributed by atoms with Gasteiger partial charge < -0.3 is 9.80 Å². The molecule has 0 aliphatic carbocycles. The molecule has 0 saturated carbocycles. The van der Waals surface area contributed by atoms with Gasteiger partial charge in [0.1, 0.15) is 0 Å². The van der Waals surface area contributed by atoms with E-state index in [0.29, 0.717) is 0 Å². The third-order valence-electron chi connectivity index (χ3n) is 5.33. The molecule has 1 aromatic rings. The highest BCUT2D eigenvalue weighted by Crippen LogP contribution is 2.26. The van der Waals surface area contributed by atoms with Gasteiger partial charge in [-0.05, 0) is 44.1 Å². The molecule has 2 heterocycles. The quantitative estimate of drug-likeness (QED) is 0.724. The molecule has 0 amide bonds. The molecule has 134 valence electrons. The molecule has 0 N–H and O–H groups in total. The fourth-order valence-corrected chi connectivity index (χ4v) is 3.73. The summed E-state index contributed by atoms with van der Waals surface area (Å²) in [5.74, 6) is 0. The largest absolute Gasteiger partial charge is 0.357 e. The normalized spacial score (nSPS) is 19.6. The molecule has 4 nitrogen and oxygen atoms in total. The molecule has 4 heteroatoms. The van der Waals surface area contributed by atoms with Crippen LogP contribution in [-0.4, -0.2) is 62.4 Å². The number of hydrogen-bond donors (Lipinski definition) is 0. The van der Waals surface area contributed by atoms with E-state index < -0.39 is 0 Å². The minimum atomic E-state index is 1.09. The molecule has 1 aromatic carbocycles. The second-order valence-corrected chi connectivity index (χ2v) is 7.27. The Bertz CT molecular complexity index is 463. The number of unbranched alkanes of at least 4 members (excludes halogenated alkanes) is 2. The van der Waals surface area contributed by atoms with Gasteiger partial charge in [-0.2, -0.15) is 0 Å². The monoisotopic (exact) mass is 330 g/mol. The fraction of sp³-hybridized carbons (Fsp3) is 0.700. The summed E-state index contributed by atoms with van der Waals surface area (Å²) in [5.41, 5.74) is 2.78. The smallest absolute Gasteiger partial charge is 0.0708 e. The van der Waals surface area contributed by atoms with E-state index in [1.54, 1.807) is 0 Å². The predicted octanol–water partition coefficient (Wildman–Crippen LogP) is 3.45. The number of rotatable bonds is 8. The average Bonchev–Trinajstić information content (AvgIpc) is 3.28. The first kappa shape index (κ1) is 17.6. The van der Waals surface area contributed by atoms with Crippen LogP contribution < -0.4 is 9.80 Å². The van der Waals surface area contributed by atoms with Crippen molar-refractivity contribution in [3.8, 4) is 0 Å². The van der Waals surface area contributed by atoms with Crippen molar-refractivity contribution in [2.45, 2.75) is 39.5 Å². The second-order valence-electron chi connectivity index (χ2n) is 7.27. The van der Waals surface area contributed by atoms with Crippen LogP contribution >= 0.6 is 0 Å². The average molecular weight is 331 g/mol. The van der Waals surface area contributed by atoms with Crippen LogP contribution in [0.5, 0.6) is 0 Å². The van der Waals surface area contributed by atoms with Gasteiger partial charge >= 0.3 is 0 Å². The Morgan fingerprint density at radius 2 is 1.25 bits per heavy atom. The van der Waals surface area contributed by atoms with Crippen LogP contribution in [0.2, 0.25) is 0 Å². The highest BCUT2D eigenvalue weighted by atomic mass is 15.4. The van der Waals surface area contributed by atoms with Crippen molar-refractivity contribution in [3.63, 3.8) is 0 Å². The Hall–Kier alpha value is -1.26. The first-order chi connectivity index (χ1) is 11.8. The Morgan fingerprint density at radius 3 is 1.71 bits per heavy atom. The Balaban J connectivity index is 1.57. The van der Waals surface area contributed by atoms with E-state index in [4.69, 9.17) is 0 Å². The molecule has 2 saturated heterocycles. The standard InChI is InChI=1S/C20H34N4/c1-3-5-10-21-12-14-23(17-21)19-8-7-9-20(16-19)24-15-13-22(18-24)11-6-4-2/h7-9,16H,3-6,10-15,17-18H2,1-2H3. The lowest BCUT2D eigenvalue weighted by Gasteiger charge is -2.24. The zero-order valence-electron chi connectivity index (χ0n) is 15.6. The summed E-state index contributed by atoms with van der Waals surface area (Å²) < 4.78 is 0. The molecular weight excluding hydrogens is 296 g/mol. The van der Waals surface area contributed by atoms with Gasteiger partial charge in [-0.15, -0.1) is 0 Å². The van der Waals surface area contributed by atoms with E-state index in [9.17, 15) is 0 Å². The highest BCUT2D eigenvalue weighted by Gasteiger charge is 2.22. The second kappa shape index (κ2) is 8.72. The number of benzene rings is 1. The first-order valence-electron chi connectivity index (χ1n) is 9.85. The number of anilines is 2. The van der Waals surface area contributed by atoms with Crippen LogP contribution in [0.25, 0.3) is 0 Å². The number of hydrogen-bond acceptors (Lipinski definition) is 4. The maximum absolute atomic E-state index is 2.58. The van der Waals surface area contributed by atoms with E-state index in [1.807, 2.05) is 0 Å². The van der Waals surface area contributed by atoms with Crippen LogP contribution in [0.3, 0.4) is 0 Å². The SMILES string of the molecule is CCCCN1CCN(c2cccc(N3CCN(CCCC)C3)c2)C1. The number of nitrogens with zero attached hydrogens (tertiary/aromatic N) is 4. The van der Waals surface area contributed by atoms with Gasteiger partial charge in [-0.3, -0.25) is 9.80 Å². The van der Waals surface area contributed by atoms with Crippen molar-refractivity contribution >= 4 is 11.4 Å². The van der Waals surface area contributed by atoms with E-state index in [-0.39, 0.29) is 0 Å². The zero-order chi connectivity index (χ0) is 16.8. The Kier molecular flexibility index (Phi) is 6.38. The van der Waals surface area contributed by atoms with Crippen molar-refractivity contribution in [2.75, 3.05) is 62.4 Å². The van der Waals surface area contributed by atoms with Gasteiger partial charge in [-0.1, -0.05) is 32.8 Å². The molecule has 0 radical (unpaired) electrons. The van der Waals surface area contributed by atoms with E-state index >= 15 is 0 Å². The highest BCUT2D eigenvalue weighted by molar-refractivity contribution is 5.60. The fourth-order valence-electron chi connectivity index (χ4n) is 3.73. The molecule has 3 rings (SSSR count). The zero-order valence-corrected chi connectivity index (χ0v) is 15.6. The van der Waals surface area contributed by atoms with Crippen molar-refractivity contribution in [1.82, 2.24) is 9.80 Å². The minimum Gasteiger partial charge on any atom is -0.357 e. The van der Waals surface area contributed by atoms with Crippen molar-refractivity contribution in [1.29, 1.82) is 0 Å². The van der Waals surface area contributed by atoms with Gasteiger partial charge in [0.05, 0.1) is 13.3 Å². The third kappa shape index (κ3) is 4.42. The van der Waals surface area contributed by atoms with Crippen molar-refractivity contribution in [3.05, 3.63) is 24.3 Å².